The molecule has 200 valence electrons. The van der Waals surface area contributed by atoms with Gasteiger partial charge in [-0.3, -0.25) is 9.69 Å². The Labute approximate surface area is 220 Å². The number of carbonyl (C=O) groups excluding carboxylic acids is 2. The lowest BCUT2D eigenvalue weighted by Gasteiger charge is -2.61. The van der Waals surface area contributed by atoms with Gasteiger partial charge >= 0.3 is 6.09 Å². The van der Waals surface area contributed by atoms with E-state index in [2.05, 4.69) is 9.80 Å². The normalized spacial score (nSPS) is 20.2. The van der Waals surface area contributed by atoms with Gasteiger partial charge in [-0.25, -0.2) is 4.79 Å². The van der Waals surface area contributed by atoms with Crippen LogP contribution in [0.5, 0.6) is 0 Å². The molecule has 0 N–H and O–H groups in total. The van der Waals surface area contributed by atoms with Crippen molar-refractivity contribution < 1.29 is 19.1 Å². The number of likely N-dealkylation sites (tertiary alicyclic amines) is 1. The highest BCUT2D eigenvalue weighted by molar-refractivity contribution is 6.34. The summed E-state index contributed by atoms with van der Waals surface area (Å²) in [6, 6.07) is 6.38. The number of halogens is 1. The Morgan fingerprint density at radius 1 is 1.14 bits per heavy atom. The van der Waals surface area contributed by atoms with Gasteiger partial charge in [0.15, 0.2) is 0 Å². The topological polar surface area (TPSA) is 65.6 Å². The summed E-state index contributed by atoms with van der Waals surface area (Å²) < 4.78 is 10.6. The molecule has 1 aromatic carbocycles. The van der Waals surface area contributed by atoms with Crippen molar-refractivity contribution in [1.29, 1.82) is 0 Å². The van der Waals surface area contributed by atoms with Crippen molar-refractivity contribution in [3.63, 3.8) is 0 Å². The first-order valence-corrected chi connectivity index (χ1v) is 13.4. The third kappa shape index (κ3) is 6.09. The van der Waals surface area contributed by atoms with Crippen LogP contribution in [0.15, 0.2) is 18.2 Å². The first-order chi connectivity index (χ1) is 17.0. The van der Waals surface area contributed by atoms with Gasteiger partial charge in [0, 0.05) is 83.7 Å². The fourth-order valence-electron chi connectivity index (χ4n) is 5.65. The van der Waals surface area contributed by atoms with E-state index in [0.29, 0.717) is 35.2 Å². The van der Waals surface area contributed by atoms with Gasteiger partial charge < -0.3 is 24.2 Å². The molecule has 2 amide bonds. The summed E-state index contributed by atoms with van der Waals surface area (Å²) in [5.41, 5.74) is 1.46. The van der Waals surface area contributed by atoms with Crippen molar-refractivity contribution in [3.8, 4) is 0 Å². The van der Waals surface area contributed by atoms with Crippen LogP contribution < -0.4 is 4.90 Å². The van der Waals surface area contributed by atoms with E-state index < -0.39 is 5.60 Å². The highest BCUT2D eigenvalue weighted by atomic mass is 35.5. The Bertz CT molecular complexity index is 944. The summed E-state index contributed by atoms with van der Waals surface area (Å²) in [6.07, 6.45) is 2.93. The number of hydrogen-bond donors (Lipinski definition) is 0. The second-order valence-electron chi connectivity index (χ2n) is 11.7. The van der Waals surface area contributed by atoms with Gasteiger partial charge in [-0.1, -0.05) is 11.6 Å². The van der Waals surface area contributed by atoms with Gasteiger partial charge in [-0.05, 0) is 58.2 Å². The van der Waals surface area contributed by atoms with E-state index in [9.17, 15) is 9.59 Å². The van der Waals surface area contributed by atoms with Gasteiger partial charge in [0.05, 0.1) is 10.6 Å². The van der Waals surface area contributed by atoms with E-state index in [-0.39, 0.29) is 12.0 Å². The average Bonchev–Trinajstić information content (AvgIpc) is 2.76. The molecule has 0 atom stereocenters. The number of piperazine rings is 1. The quantitative estimate of drug-likeness (QED) is 0.507. The summed E-state index contributed by atoms with van der Waals surface area (Å²) in [7, 11) is 3.46. The number of ether oxygens (including phenoxy) is 2. The number of nitrogens with zero attached hydrogens (tertiary/aromatic N) is 4. The minimum Gasteiger partial charge on any atom is -0.444 e. The van der Waals surface area contributed by atoms with Crippen LogP contribution in [-0.2, 0) is 9.47 Å². The maximum absolute atomic E-state index is 12.8. The van der Waals surface area contributed by atoms with E-state index in [1.807, 2.05) is 43.9 Å². The number of hydrogen-bond acceptors (Lipinski definition) is 6. The SMILES string of the molecule is COCCCN(C)C(=O)c1ccc(N2CCN(C3CC4(C3)CN(C(=O)OC(C)(C)C)C4)CC2)cc1Cl. The van der Waals surface area contributed by atoms with E-state index in [4.69, 9.17) is 21.1 Å². The van der Waals surface area contributed by atoms with Crippen molar-refractivity contribution in [2.24, 2.45) is 5.41 Å². The van der Waals surface area contributed by atoms with Crippen LogP contribution in [0.4, 0.5) is 10.5 Å². The number of methoxy groups -OCH3 is 1. The minimum atomic E-state index is -0.442. The van der Waals surface area contributed by atoms with Gasteiger partial charge in [0.1, 0.15) is 5.60 Å². The fourth-order valence-corrected chi connectivity index (χ4v) is 5.90. The smallest absolute Gasteiger partial charge is 0.410 e. The predicted molar refractivity (Wildman–Crippen MR) is 142 cm³/mol. The first-order valence-electron chi connectivity index (χ1n) is 13.0. The zero-order chi connectivity index (χ0) is 26.1. The molecule has 1 aliphatic carbocycles. The second kappa shape index (κ2) is 10.8. The Kier molecular flexibility index (Phi) is 8.07. The summed E-state index contributed by atoms with van der Waals surface area (Å²) >= 11 is 6.54. The molecule has 1 spiro atoms. The molecule has 3 aliphatic rings. The van der Waals surface area contributed by atoms with Crippen LogP contribution in [0.25, 0.3) is 0 Å². The minimum absolute atomic E-state index is 0.0624. The molecule has 0 bridgehead atoms. The zero-order valence-electron chi connectivity index (χ0n) is 22.4. The summed E-state index contributed by atoms with van der Waals surface area (Å²) in [6.45, 7) is 12.5. The molecule has 36 heavy (non-hydrogen) atoms. The van der Waals surface area contributed by atoms with Crippen molar-refractivity contribution >= 4 is 29.3 Å². The second-order valence-corrected chi connectivity index (χ2v) is 12.1. The van der Waals surface area contributed by atoms with Gasteiger partial charge in [0.25, 0.3) is 5.91 Å². The molecule has 3 fully saturated rings. The van der Waals surface area contributed by atoms with Crippen LogP contribution in [-0.4, -0.2) is 105 Å². The van der Waals surface area contributed by atoms with E-state index in [1.54, 1.807) is 19.1 Å². The van der Waals surface area contributed by atoms with E-state index >= 15 is 0 Å². The highest BCUT2D eigenvalue weighted by Crippen LogP contribution is 2.50. The van der Waals surface area contributed by atoms with E-state index in [0.717, 1.165) is 64.2 Å². The number of rotatable bonds is 7. The maximum Gasteiger partial charge on any atom is 0.410 e. The van der Waals surface area contributed by atoms with Crippen LogP contribution in [0, 0.1) is 5.41 Å². The molecule has 1 saturated carbocycles. The number of benzene rings is 1. The summed E-state index contributed by atoms with van der Waals surface area (Å²) in [5, 5.41) is 0.499. The molecule has 1 aromatic rings. The molecule has 2 heterocycles. The van der Waals surface area contributed by atoms with Gasteiger partial charge in [0.2, 0.25) is 0 Å². The van der Waals surface area contributed by atoms with Gasteiger partial charge in [-0.2, -0.15) is 0 Å². The molecule has 2 aliphatic heterocycles. The van der Waals surface area contributed by atoms with E-state index in [1.165, 1.54) is 0 Å². The first kappa shape index (κ1) is 27.0. The van der Waals surface area contributed by atoms with Crippen LogP contribution >= 0.6 is 11.6 Å². The zero-order valence-corrected chi connectivity index (χ0v) is 23.1. The molecule has 8 nitrogen and oxygen atoms in total. The lowest BCUT2D eigenvalue weighted by Crippen LogP contribution is -2.69. The maximum atomic E-state index is 12.8. The number of carbonyl (C=O) groups is 2. The van der Waals surface area contributed by atoms with Crippen molar-refractivity contribution in [2.75, 3.05) is 71.5 Å². The predicted octanol–water partition coefficient (Wildman–Crippen LogP) is 3.97. The Morgan fingerprint density at radius 3 is 2.39 bits per heavy atom. The monoisotopic (exact) mass is 520 g/mol. The lowest BCUT2D eigenvalue weighted by molar-refractivity contribution is -0.108. The standard InChI is InChI=1S/C27H41ClN4O4/c1-26(2,3)36-25(34)32-18-27(19-32)16-21(17-27)31-12-10-30(11-13-31)20-7-8-22(23(28)15-20)24(33)29(4)9-6-14-35-5/h7-8,15,21H,6,9-14,16-19H2,1-5H3. The third-order valence-corrected chi connectivity index (χ3v) is 7.92. The van der Waals surface area contributed by atoms with Crippen LogP contribution in [0.2, 0.25) is 5.02 Å². The van der Waals surface area contributed by atoms with Crippen LogP contribution in [0.3, 0.4) is 0 Å². The molecule has 0 aromatic heterocycles. The molecule has 0 unspecified atom stereocenters. The average molecular weight is 521 g/mol. The van der Waals surface area contributed by atoms with Crippen LogP contribution in [0.1, 0.15) is 50.4 Å². The Morgan fingerprint density at radius 2 is 1.81 bits per heavy atom. The largest absolute Gasteiger partial charge is 0.444 e. The number of anilines is 1. The van der Waals surface area contributed by atoms with Crippen molar-refractivity contribution in [1.82, 2.24) is 14.7 Å². The number of amides is 2. The van der Waals surface area contributed by atoms with Gasteiger partial charge in [-0.15, -0.1) is 0 Å². The Hall–Kier alpha value is -2.03. The highest BCUT2D eigenvalue weighted by Gasteiger charge is 2.55. The molecule has 2 saturated heterocycles. The molecular weight excluding hydrogens is 480 g/mol. The van der Waals surface area contributed by atoms with Crippen molar-refractivity contribution in [3.05, 3.63) is 28.8 Å². The Balaban J connectivity index is 1.22. The molecular formula is C27H41ClN4O4. The summed E-state index contributed by atoms with van der Waals surface area (Å²) in [5.74, 6) is -0.0624. The molecule has 0 radical (unpaired) electrons. The van der Waals surface area contributed by atoms with Crippen molar-refractivity contribution in [2.45, 2.75) is 51.7 Å². The molecule has 9 heteroatoms. The fraction of sp³-hybridized carbons (Fsp3) is 0.704. The lowest BCUT2D eigenvalue weighted by atomic mass is 9.60. The third-order valence-electron chi connectivity index (χ3n) is 7.61. The molecule has 4 rings (SSSR count). The summed E-state index contributed by atoms with van der Waals surface area (Å²) in [4.78, 5) is 33.5.